The Morgan fingerprint density at radius 1 is 1.22 bits per heavy atom. The molecule has 0 bridgehead atoms. The predicted molar refractivity (Wildman–Crippen MR) is 141 cm³/mol. The Morgan fingerprint density at radius 2 is 2.00 bits per heavy atom. The van der Waals surface area contributed by atoms with Crippen molar-refractivity contribution < 1.29 is 9.53 Å². The van der Waals surface area contributed by atoms with Crippen LogP contribution in [0.2, 0.25) is 5.02 Å². The summed E-state index contributed by atoms with van der Waals surface area (Å²) in [6.07, 6.45) is 1.46. The van der Waals surface area contributed by atoms with Crippen LogP contribution in [0.25, 0.3) is 0 Å². The molecule has 1 heterocycles. The molecule has 2 aromatic carbocycles. The van der Waals surface area contributed by atoms with Crippen LogP contribution >= 0.6 is 35.6 Å². The van der Waals surface area contributed by atoms with Crippen LogP contribution in [0.3, 0.4) is 0 Å². The summed E-state index contributed by atoms with van der Waals surface area (Å²) in [5, 5.41) is 7.29. The predicted octanol–water partition coefficient (Wildman–Crippen LogP) is 4.11. The normalized spacial score (nSPS) is 16.0. The van der Waals surface area contributed by atoms with Gasteiger partial charge in [0.15, 0.2) is 5.96 Å². The van der Waals surface area contributed by atoms with E-state index in [4.69, 9.17) is 16.3 Å². The number of carbonyl (C=O) groups is 1. The fourth-order valence-electron chi connectivity index (χ4n) is 3.71. The Hall–Kier alpha value is -2.00. The number of hydrogen-bond donors (Lipinski definition) is 2. The van der Waals surface area contributed by atoms with Crippen molar-refractivity contribution in [2.45, 2.75) is 26.3 Å². The molecule has 3 rings (SSSR count). The first-order chi connectivity index (χ1) is 15.1. The number of guanidine groups is 1. The standard InChI is InChI=1S/C24H31ClN4O2.HI/c1-3-26-24(28-16-20-9-10-21(25)14-22(20)31-2)27-15-19-13-23(30)29(17-19)12-11-18-7-5-4-6-8-18;/h4-10,14,19H,3,11-13,15-17H2,1-2H3,(H2,26,27,28);1H. The van der Waals surface area contributed by atoms with E-state index in [0.717, 1.165) is 43.3 Å². The third-order valence-electron chi connectivity index (χ3n) is 5.37. The highest BCUT2D eigenvalue weighted by Crippen LogP contribution is 2.23. The Kier molecular flexibility index (Phi) is 11.1. The SMILES string of the molecule is CCNC(=NCc1ccc(Cl)cc1OC)NCC1CC(=O)N(CCc2ccccc2)C1.I. The van der Waals surface area contributed by atoms with Gasteiger partial charge in [-0.1, -0.05) is 48.0 Å². The number of methoxy groups -OCH3 is 1. The number of nitrogens with zero attached hydrogens (tertiary/aromatic N) is 2. The van der Waals surface area contributed by atoms with Gasteiger partial charge >= 0.3 is 0 Å². The average Bonchev–Trinajstić information content (AvgIpc) is 3.14. The third kappa shape index (κ3) is 7.85. The molecule has 1 atom stereocenters. The van der Waals surface area contributed by atoms with Crippen molar-refractivity contribution >= 4 is 47.4 Å². The van der Waals surface area contributed by atoms with E-state index >= 15 is 0 Å². The Labute approximate surface area is 212 Å². The van der Waals surface area contributed by atoms with Gasteiger partial charge in [0, 0.05) is 49.1 Å². The third-order valence-corrected chi connectivity index (χ3v) is 5.60. The number of carbonyl (C=O) groups excluding carboxylic acids is 1. The summed E-state index contributed by atoms with van der Waals surface area (Å²) in [4.78, 5) is 19.1. The molecule has 1 aliphatic rings. The zero-order valence-corrected chi connectivity index (χ0v) is 21.7. The van der Waals surface area contributed by atoms with Gasteiger partial charge in [0.05, 0.1) is 13.7 Å². The molecule has 174 valence electrons. The Balaban J connectivity index is 0.00000363. The number of aliphatic imine (C=N–C) groups is 1. The molecule has 1 aliphatic heterocycles. The zero-order chi connectivity index (χ0) is 22.1. The summed E-state index contributed by atoms with van der Waals surface area (Å²) >= 11 is 6.04. The number of ether oxygens (including phenoxy) is 1. The number of hydrogen-bond acceptors (Lipinski definition) is 3. The number of halogens is 2. The number of likely N-dealkylation sites (tertiary alicyclic amines) is 1. The van der Waals surface area contributed by atoms with Crippen LogP contribution in [-0.4, -0.2) is 50.1 Å². The molecule has 0 spiro atoms. The second kappa shape index (κ2) is 13.5. The van der Waals surface area contributed by atoms with E-state index in [9.17, 15) is 4.79 Å². The van der Waals surface area contributed by atoms with E-state index in [1.165, 1.54) is 5.56 Å². The van der Waals surface area contributed by atoms with Crippen molar-refractivity contribution in [2.75, 3.05) is 33.3 Å². The smallest absolute Gasteiger partial charge is 0.223 e. The first kappa shape index (κ1) is 26.3. The topological polar surface area (TPSA) is 66.0 Å². The van der Waals surface area contributed by atoms with Gasteiger partial charge in [-0.3, -0.25) is 4.79 Å². The lowest BCUT2D eigenvalue weighted by Crippen LogP contribution is -2.40. The van der Waals surface area contributed by atoms with Crippen LogP contribution in [-0.2, 0) is 17.8 Å². The zero-order valence-electron chi connectivity index (χ0n) is 18.6. The lowest BCUT2D eigenvalue weighted by Gasteiger charge is -2.18. The fourth-order valence-corrected chi connectivity index (χ4v) is 3.87. The first-order valence-electron chi connectivity index (χ1n) is 10.7. The average molecular weight is 571 g/mol. The van der Waals surface area contributed by atoms with E-state index in [1.54, 1.807) is 13.2 Å². The highest BCUT2D eigenvalue weighted by atomic mass is 127. The van der Waals surface area contributed by atoms with Crippen molar-refractivity contribution in [1.29, 1.82) is 0 Å². The molecule has 1 saturated heterocycles. The molecule has 6 nitrogen and oxygen atoms in total. The van der Waals surface area contributed by atoms with Gasteiger partial charge in [0.25, 0.3) is 0 Å². The van der Waals surface area contributed by atoms with E-state index in [0.29, 0.717) is 24.5 Å². The second-order valence-corrected chi connectivity index (χ2v) is 8.11. The maximum atomic E-state index is 12.4. The molecule has 1 amide bonds. The van der Waals surface area contributed by atoms with Gasteiger partial charge in [0.2, 0.25) is 5.91 Å². The number of benzene rings is 2. The van der Waals surface area contributed by atoms with Crippen molar-refractivity contribution in [2.24, 2.45) is 10.9 Å². The molecular weight excluding hydrogens is 539 g/mol. The van der Waals surface area contributed by atoms with Gasteiger partial charge in [-0.25, -0.2) is 4.99 Å². The minimum Gasteiger partial charge on any atom is -0.496 e. The van der Waals surface area contributed by atoms with Gasteiger partial charge in [-0.05, 0) is 31.0 Å². The summed E-state index contributed by atoms with van der Waals surface area (Å²) in [5.74, 6) is 1.96. The lowest BCUT2D eigenvalue weighted by atomic mass is 10.1. The summed E-state index contributed by atoms with van der Waals surface area (Å²) < 4.78 is 5.40. The molecule has 2 aromatic rings. The molecule has 0 aromatic heterocycles. The minimum absolute atomic E-state index is 0. The van der Waals surface area contributed by atoms with Crippen molar-refractivity contribution in [3.63, 3.8) is 0 Å². The van der Waals surface area contributed by atoms with Crippen molar-refractivity contribution in [3.05, 3.63) is 64.7 Å². The van der Waals surface area contributed by atoms with Crippen LogP contribution in [0, 0.1) is 5.92 Å². The molecule has 0 radical (unpaired) electrons. The van der Waals surface area contributed by atoms with E-state index < -0.39 is 0 Å². The highest BCUT2D eigenvalue weighted by Gasteiger charge is 2.29. The lowest BCUT2D eigenvalue weighted by molar-refractivity contribution is -0.127. The first-order valence-corrected chi connectivity index (χ1v) is 11.1. The molecule has 0 saturated carbocycles. The summed E-state index contributed by atoms with van der Waals surface area (Å²) in [7, 11) is 1.63. The summed E-state index contributed by atoms with van der Waals surface area (Å²) in [6, 6.07) is 15.9. The molecule has 1 fully saturated rings. The number of rotatable bonds is 9. The largest absolute Gasteiger partial charge is 0.496 e. The van der Waals surface area contributed by atoms with Crippen LogP contribution in [0.5, 0.6) is 5.75 Å². The molecule has 32 heavy (non-hydrogen) atoms. The van der Waals surface area contributed by atoms with Crippen LogP contribution in [0.4, 0.5) is 0 Å². The summed E-state index contributed by atoms with van der Waals surface area (Å²) in [5.41, 5.74) is 2.23. The Bertz CT molecular complexity index is 895. The van der Waals surface area contributed by atoms with Crippen molar-refractivity contribution in [3.8, 4) is 5.75 Å². The molecular formula is C24H32ClIN4O2. The van der Waals surface area contributed by atoms with Crippen LogP contribution < -0.4 is 15.4 Å². The van der Waals surface area contributed by atoms with E-state index in [2.05, 4.69) is 27.8 Å². The molecule has 0 aliphatic carbocycles. The van der Waals surface area contributed by atoms with Crippen molar-refractivity contribution in [1.82, 2.24) is 15.5 Å². The number of amides is 1. The van der Waals surface area contributed by atoms with E-state index in [-0.39, 0.29) is 35.8 Å². The number of nitrogens with one attached hydrogen (secondary N) is 2. The fraction of sp³-hybridized carbons (Fsp3) is 0.417. The molecule has 8 heteroatoms. The van der Waals surface area contributed by atoms with Gasteiger partial charge in [-0.2, -0.15) is 0 Å². The Morgan fingerprint density at radius 3 is 2.72 bits per heavy atom. The second-order valence-electron chi connectivity index (χ2n) is 7.68. The minimum atomic E-state index is 0. The van der Waals surface area contributed by atoms with Crippen LogP contribution in [0.15, 0.2) is 53.5 Å². The molecule has 2 N–H and O–H groups in total. The van der Waals surface area contributed by atoms with Gasteiger partial charge in [0.1, 0.15) is 5.75 Å². The van der Waals surface area contributed by atoms with E-state index in [1.807, 2.05) is 42.2 Å². The van der Waals surface area contributed by atoms with Gasteiger partial charge < -0.3 is 20.3 Å². The van der Waals surface area contributed by atoms with Gasteiger partial charge in [-0.15, -0.1) is 24.0 Å². The van der Waals surface area contributed by atoms with Crippen LogP contribution in [0.1, 0.15) is 24.5 Å². The highest BCUT2D eigenvalue weighted by molar-refractivity contribution is 14.0. The maximum absolute atomic E-state index is 12.4. The maximum Gasteiger partial charge on any atom is 0.223 e. The monoisotopic (exact) mass is 570 g/mol. The molecule has 1 unspecified atom stereocenters. The quantitative estimate of drug-likeness (QED) is 0.271. The summed E-state index contributed by atoms with van der Waals surface area (Å²) in [6.45, 7) is 5.52.